The molecule has 2 heterocycles. The van der Waals surface area contributed by atoms with E-state index in [0.29, 0.717) is 13.0 Å². The zero-order chi connectivity index (χ0) is 34.8. The monoisotopic (exact) mass is 698 g/mol. The fourth-order valence-corrected chi connectivity index (χ4v) is 5.88. The van der Waals surface area contributed by atoms with E-state index in [9.17, 15) is 28.8 Å². The third-order valence-electron chi connectivity index (χ3n) is 6.28. The molecule has 15 nitrogen and oxygen atoms in total. The van der Waals surface area contributed by atoms with Crippen LogP contribution in [0.3, 0.4) is 0 Å². The van der Waals surface area contributed by atoms with Crippen LogP contribution >= 0.6 is 21.6 Å². The van der Waals surface area contributed by atoms with Crippen molar-refractivity contribution in [3.8, 4) is 0 Å². The van der Waals surface area contributed by atoms with E-state index >= 15 is 0 Å². The normalized spacial score (nSPS) is 11.5. The molecule has 3 amide bonds. The molecule has 3 N–H and O–H groups in total. The lowest BCUT2D eigenvalue weighted by Gasteiger charge is -2.23. The highest BCUT2D eigenvalue weighted by molar-refractivity contribution is 8.76. The van der Waals surface area contributed by atoms with Gasteiger partial charge in [0.2, 0.25) is 11.8 Å². The van der Waals surface area contributed by atoms with E-state index in [-0.39, 0.29) is 55.7 Å². The van der Waals surface area contributed by atoms with Gasteiger partial charge in [0.05, 0.1) is 18.6 Å². The molecule has 2 aromatic rings. The van der Waals surface area contributed by atoms with Crippen LogP contribution in [-0.2, 0) is 30.5 Å². The number of hydrogen-bond acceptors (Lipinski definition) is 13. The van der Waals surface area contributed by atoms with Gasteiger partial charge in [0.15, 0.2) is 18.1 Å². The van der Waals surface area contributed by atoms with Crippen molar-refractivity contribution >= 4 is 51.4 Å². The van der Waals surface area contributed by atoms with E-state index in [0.717, 1.165) is 30.0 Å². The number of amides is 3. The Morgan fingerprint density at radius 1 is 1.04 bits per heavy atom. The first-order chi connectivity index (χ1) is 22.3. The molecule has 17 heteroatoms. The molecular formula is C30H42N4O11S2. The number of nitrogens with one attached hydrogen (secondary N) is 2. The van der Waals surface area contributed by atoms with E-state index in [1.165, 1.54) is 41.8 Å². The zero-order valence-electron chi connectivity index (χ0n) is 26.9. The maximum absolute atomic E-state index is 12.9. The lowest BCUT2D eigenvalue weighted by atomic mass is 10.2. The van der Waals surface area contributed by atoms with E-state index < -0.39 is 41.7 Å². The predicted octanol–water partition coefficient (Wildman–Crippen LogP) is 3.78. The third-order valence-corrected chi connectivity index (χ3v) is 8.63. The van der Waals surface area contributed by atoms with E-state index in [1.54, 1.807) is 16.9 Å². The SMILES string of the molecule is CC(=O)N[C@@H](CC(=O)OCC(C)C)C(=O)NCCN(CCCCCCSSc1ccc(C(=O)O)cn1)C(=O)OCc1oc(=O)oc1C. The average molecular weight is 699 g/mol. The number of aromatic nitrogens is 1. The molecule has 0 bridgehead atoms. The van der Waals surface area contributed by atoms with Crippen LogP contribution in [0.1, 0.15) is 74.8 Å². The fourth-order valence-electron chi connectivity index (χ4n) is 3.87. The summed E-state index contributed by atoms with van der Waals surface area (Å²) >= 11 is 0. The van der Waals surface area contributed by atoms with Gasteiger partial charge < -0.3 is 38.9 Å². The largest absolute Gasteiger partial charge is 0.519 e. The summed E-state index contributed by atoms with van der Waals surface area (Å²) in [7, 11) is 3.08. The highest BCUT2D eigenvalue weighted by Crippen LogP contribution is 2.30. The highest BCUT2D eigenvalue weighted by Gasteiger charge is 2.24. The second-order valence-electron chi connectivity index (χ2n) is 10.8. The summed E-state index contributed by atoms with van der Waals surface area (Å²) in [6, 6.07) is 2.04. The molecule has 0 aliphatic rings. The summed E-state index contributed by atoms with van der Waals surface area (Å²) < 4.78 is 20.1. The quantitative estimate of drug-likeness (QED) is 0.0964. The van der Waals surface area contributed by atoms with Gasteiger partial charge in [0, 0.05) is 38.5 Å². The van der Waals surface area contributed by atoms with Gasteiger partial charge in [-0.1, -0.05) is 37.5 Å². The number of aromatic carboxylic acids is 1. The Hall–Kier alpha value is -3.99. The van der Waals surface area contributed by atoms with Crippen molar-refractivity contribution in [3.05, 3.63) is 46.0 Å². The van der Waals surface area contributed by atoms with E-state index in [2.05, 4.69) is 15.6 Å². The second kappa shape index (κ2) is 21.0. The number of aryl methyl sites for hydroxylation is 1. The Kier molecular flexibility index (Phi) is 17.5. The first-order valence-electron chi connectivity index (χ1n) is 15.1. The van der Waals surface area contributed by atoms with Crippen LogP contribution in [0.15, 0.2) is 37.0 Å². The summed E-state index contributed by atoms with van der Waals surface area (Å²) in [6.07, 6.45) is 3.56. The first kappa shape index (κ1) is 39.2. The lowest BCUT2D eigenvalue weighted by Crippen LogP contribution is -2.49. The van der Waals surface area contributed by atoms with E-state index in [1.807, 2.05) is 13.8 Å². The van der Waals surface area contributed by atoms with Crippen LogP contribution in [0.2, 0.25) is 0 Å². The van der Waals surface area contributed by atoms with Gasteiger partial charge in [-0.3, -0.25) is 14.4 Å². The van der Waals surface area contributed by atoms with Crippen molar-refractivity contribution in [1.29, 1.82) is 0 Å². The Morgan fingerprint density at radius 2 is 1.79 bits per heavy atom. The number of ether oxygens (including phenoxy) is 2. The number of carboxylic acids is 1. The minimum Gasteiger partial charge on any atom is -0.478 e. The Morgan fingerprint density at radius 3 is 2.40 bits per heavy atom. The number of rotatable bonds is 21. The molecule has 1 atom stereocenters. The van der Waals surface area contributed by atoms with Gasteiger partial charge in [-0.25, -0.2) is 19.4 Å². The molecule has 0 aliphatic heterocycles. The molecule has 2 rings (SSSR count). The molecule has 0 aliphatic carbocycles. The Labute approximate surface area is 280 Å². The maximum atomic E-state index is 12.9. The average Bonchev–Trinajstić information content (AvgIpc) is 3.34. The molecule has 0 aromatic carbocycles. The van der Waals surface area contributed by atoms with E-state index in [4.69, 9.17) is 23.4 Å². The summed E-state index contributed by atoms with van der Waals surface area (Å²) in [6.45, 7) is 6.77. The highest BCUT2D eigenvalue weighted by atomic mass is 33.1. The molecule has 0 unspecified atom stereocenters. The Bertz CT molecular complexity index is 1380. The van der Waals surface area contributed by atoms with Gasteiger partial charge in [0.25, 0.3) is 0 Å². The van der Waals surface area contributed by atoms with Gasteiger partial charge in [-0.2, -0.15) is 0 Å². The van der Waals surface area contributed by atoms with Crippen LogP contribution in [0.4, 0.5) is 4.79 Å². The number of unbranched alkanes of at least 4 members (excludes halogenated alkanes) is 3. The van der Waals surface area contributed by atoms with Crippen LogP contribution in [0.25, 0.3) is 0 Å². The van der Waals surface area contributed by atoms with Crippen molar-refractivity contribution in [3.63, 3.8) is 0 Å². The number of nitrogens with zero attached hydrogens (tertiary/aromatic N) is 2. The number of esters is 1. The lowest BCUT2D eigenvalue weighted by molar-refractivity contribution is -0.147. The summed E-state index contributed by atoms with van der Waals surface area (Å²) in [5, 5.41) is 14.8. The number of pyridine rings is 1. The molecule has 2 aromatic heterocycles. The van der Waals surface area contributed by atoms with Crippen molar-refractivity contribution in [2.75, 3.05) is 32.0 Å². The first-order valence-corrected chi connectivity index (χ1v) is 17.4. The molecule has 0 saturated heterocycles. The van der Waals surface area contributed by atoms with Crippen molar-refractivity contribution in [2.45, 2.75) is 77.5 Å². The van der Waals surface area contributed by atoms with Crippen molar-refractivity contribution in [2.24, 2.45) is 5.92 Å². The van der Waals surface area contributed by atoms with Gasteiger partial charge >= 0.3 is 23.9 Å². The molecule has 0 radical (unpaired) electrons. The zero-order valence-corrected chi connectivity index (χ0v) is 28.5. The smallest absolute Gasteiger partial charge is 0.478 e. The minimum atomic E-state index is -1.14. The van der Waals surface area contributed by atoms with Crippen LogP contribution in [0.5, 0.6) is 0 Å². The molecular weight excluding hydrogens is 656 g/mol. The Balaban J connectivity index is 1.85. The van der Waals surface area contributed by atoms with Crippen LogP contribution in [-0.4, -0.2) is 82.9 Å². The second-order valence-corrected chi connectivity index (χ2v) is 13.2. The van der Waals surface area contributed by atoms with Gasteiger partial charge in [-0.15, -0.1) is 0 Å². The van der Waals surface area contributed by atoms with Gasteiger partial charge in [0.1, 0.15) is 11.1 Å². The number of hydrogen-bond donors (Lipinski definition) is 3. The molecule has 0 saturated carbocycles. The number of carbonyl (C=O) groups excluding carboxylic acids is 4. The number of carboxylic acid groups (broad SMARTS) is 1. The third kappa shape index (κ3) is 15.9. The summed E-state index contributed by atoms with van der Waals surface area (Å²) in [5.74, 6) is -2.40. The molecule has 0 fully saturated rings. The van der Waals surface area contributed by atoms with Crippen molar-refractivity contribution < 1.29 is 47.4 Å². The van der Waals surface area contributed by atoms with Crippen molar-refractivity contribution in [1.82, 2.24) is 20.5 Å². The molecule has 0 spiro atoms. The number of carbonyl (C=O) groups is 5. The standard InChI is InChI=1S/C30H42N4O11S2/c1-19(2)17-42-26(36)15-23(33-21(4)35)27(37)31-11-13-34(29(40)43-18-24-20(3)44-30(41)45-24)12-7-5-6-8-14-46-47-25-10-9-22(16-32-25)28(38)39/h9-10,16,19,23H,5-8,11-15,17-18H2,1-4H3,(H,31,37)(H,33,35)(H,38,39)/t23-/m0/s1. The minimum absolute atomic E-state index is 0.0141. The topological polar surface area (TPSA) is 208 Å². The summed E-state index contributed by atoms with van der Waals surface area (Å²) in [5.41, 5.74) is 0.135. The molecule has 47 heavy (non-hydrogen) atoms. The predicted molar refractivity (Wildman–Crippen MR) is 173 cm³/mol. The summed E-state index contributed by atoms with van der Waals surface area (Å²) in [4.78, 5) is 77.4. The fraction of sp³-hybridized carbons (Fsp3) is 0.567. The molecule has 260 valence electrons. The maximum Gasteiger partial charge on any atom is 0.519 e. The van der Waals surface area contributed by atoms with Crippen LogP contribution in [0, 0.1) is 12.8 Å². The van der Waals surface area contributed by atoms with Crippen LogP contribution < -0.4 is 16.5 Å². The van der Waals surface area contributed by atoms with Gasteiger partial charge in [-0.05, 0) is 48.6 Å².